The molecule has 158 valence electrons. The lowest BCUT2D eigenvalue weighted by molar-refractivity contribution is 0.266. The smallest absolute Gasteiger partial charge is 0.236 e. The first-order chi connectivity index (χ1) is 14.6. The van der Waals surface area contributed by atoms with E-state index < -0.39 is 0 Å². The Hall–Kier alpha value is -2.42. The van der Waals surface area contributed by atoms with Gasteiger partial charge in [-0.2, -0.15) is 15.2 Å². The van der Waals surface area contributed by atoms with Crippen molar-refractivity contribution in [1.82, 2.24) is 19.5 Å². The van der Waals surface area contributed by atoms with Crippen LogP contribution in [0.25, 0.3) is 16.7 Å². The topological polar surface area (TPSA) is 79.4 Å². The number of fused-ring (bicyclic) bond motifs is 1. The summed E-state index contributed by atoms with van der Waals surface area (Å²) < 4.78 is 2.37. The van der Waals surface area contributed by atoms with Crippen LogP contribution in [0, 0.1) is 29.1 Å². The summed E-state index contributed by atoms with van der Waals surface area (Å²) in [7, 11) is 0. The summed E-state index contributed by atoms with van der Waals surface area (Å²) in [6, 6.07) is 2.48. The molecule has 0 radical (unpaired) electrons. The van der Waals surface area contributed by atoms with Crippen LogP contribution in [0.3, 0.4) is 0 Å². The van der Waals surface area contributed by atoms with Crippen molar-refractivity contribution in [2.24, 2.45) is 17.8 Å². The van der Waals surface area contributed by atoms with Crippen LogP contribution >= 0.6 is 0 Å². The fraction of sp³-hybridized carbons (Fsp3) is 0.667. The Kier molecular flexibility index (Phi) is 5.22. The molecule has 3 aliphatic rings. The Labute approximate surface area is 178 Å². The molecule has 1 atom stereocenters. The van der Waals surface area contributed by atoms with Crippen LogP contribution < -0.4 is 5.32 Å². The second-order valence-corrected chi connectivity index (χ2v) is 9.74. The molecule has 6 heteroatoms. The highest BCUT2D eigenvalue weighted by atomic mass is 15.2. The van der Waals surface area contributed by atoms with Crippen molar-refractivity contribution in [3.8, 4) is 6.07 Å². The van der Waals surface area contributed by atoms with E-state index in [2.05, 4.69) is 45.8 Å². The molecule has 2 heterocycles. The quantitative estimate of drug-likeness (QED) is 0.706. The van der Waals surface area contributed by atoms with Crippen molar-refractivity contribution < 1.29 is 0 Å². The predicted octanol–water partition coefficient (Wildman–Crippen LogP) is 5.30. The molecule has 0 saturated heterocycles. The van der Waals surface area contributed by atoms with Gasteiger partial charge < -0.3 is 9.88 Å². The lowest BCUT2D eigenvalue weighted by Gasteiger charge is -2.32. The van der Waals surface area contributed by atoms with Crippen LogP contribution in [0.4, 0.5) is 5.82 Å². The monoisotopic (exact) mass is 404 g/mol. The SMILES string of the molecule is C[C@@H](Nc1nc(C#N)nc2nc(C3=CCC3)n(C[C@H]3CC[C@H](C)CC3)c12)C1CCC1. The van der Waals surface area contributed by atoms with Crippen LogP contribution in [0.15, 0.2) is 6.08 Å². The lowest BCUT2D eigenvalue weighted by Crippen LogP contribution is -2.31. The van der Waals surface area contributed by atoms with E-state index >= 15 is 0 Å². The van der Waals surface area contributed by atoms with E-state index in [0.717, 1.165) is 42.5 Å². The first kappa shape index (κ1) is 19.5. The number of anilines is 1. The molecule has 0 unspecified atom stereocenters. The van der Waals surface area contributed by atoms with Gasteiger partial charge in [-0.3, -0.25) is 0 Å². The Morgan fingerprint density at radius 3 is 2.53 bits per heavy atom. The molecule has 0 amide bonds. The van der Waals surface area contributed by atoms with Crippen LogP contribution in [-0.4, -0.2) is 25.6 Å². The average molecular weight is 405 g/mol. The van der Waals surface area contributed by atoms with Gasteiger partial charge in [0, 0.05) is 12.6 Å². The third-order valence-electron chi connectivity index (χ3n) is 7.59. The van der Waals surface area contributed by atoms with Crippen molar-refractivity contribution in [2.45, 2.75) is 84.2 Å². The summed E-state index contributed by atoms with van der Waals surface area (Å²) in [5.74, 6) is 4.24. The lowest BCUT2D eigenvalue weighted by atomic mass is 9.80. The Balaban J connectivity index is 1.57. The van der Waals surface area contributed by atoms with Crippen LogP contribution in [-0.2, 0) is 6.54 Å². The minimum Gasteiger partial charge on any atom is -0.365 e. The van der Waals surface area contributed by atoms with Gasteiger partial charge in [-0.25, -0.2) is 4.98 Å². The summed E-state index contributed by atoms with van der Waals surface area (Å²) in [6.45, 7) is 5.58. The molecule has 0 aromatic carbocycles. The van der Waals surface area contributed by atoms with Crippen LogP contribution in [0.2, 0.25) is 0 Å². The van der Waals surface area contributed by atoms with Gasteiger partial charge in [0.25, 0.3) is 0 Å². The maximum atomic E-state index is 9.50. The second-order valence-electron chi connectivity index (χ2n) is 9.74. The molecule has 0 aliphatic heterocycles. The summed E-state index contributed by atoms with van der Waals surface area (Å²) in [4.78, 5) is 14.0. The van der Waals surface area contributed by atoms with E-state index in [0.29, 0.717) is 23.5 Å². The normalized spacial score (nSPS) is 25.2. The Morgan fingerprint density at radius 2 is 1.93 bits per heavy atom. The molecule has 2 saturated carbocycles. The van der Waals surface area contributed by atoms with Crippen molar-refractivity contribution in [2.75, 3.05) is 5.32 Å². The first-order valence-corrected chi connectivity index (χ1v) is 11.8. The number of hydrogen-bond acceptors (Lipinski definition) is 5. The highest BCUT2D eigenvalue weighted by Crippen LogP contribution is 2.37. The number of hydrogen-bond donors (Lipinski definition) is 1. The zero-order chi connectivity index (χ0) is 20.7. The molecule has 5 rings (SSSR count). The number of aromatic nitrogens is 4. The zero-order valence-corrected chi connectivity index (χ0v) is 18.2. The molecule has 2 aromatic heterocycles. The molecule has 30 heavy (non-hydrogen) atoms. The van der Waals surface area contributed by atoms with Crippen LogP contribution in [0.1, 0.15) is 83.3 Å². The molecule has 0 spiro atoms. The van der Waals surface area contributed by atoms with Gasteiger partial charge in [0.15, 0.2) is 11.5 Å². The van der Waals surface area contributed by atoms with Gasteiger partial charge in [-0.05, 0) is 68.8 Å². The average Bonchev–Trinajstić information content (AvgIpc) is 2.98. The molecular formula is C24H32N6. The summed E-state index contributed by atoms with van der Waals surface area (Å²) in [5.41, 5.74) is 2.96. The van der Waals surface area contributed by atoms with Crippen molar-refractivity contribution in [3.05, 3.63) is 17.7 Å². The highest BCUT2D eigenvalue weighted by molar-refractivity contribution is 5.87. The largest absolute Gasteiger partial charge is 0.365 e. The van der Waals surface area contributed by atoms with Gasteiger partial charge >= 0.3 is 0 Å². The molecule has 0 bridgehead atoms. The number of rotatable bonds is 6. The van der Waals surface area contributed by atoms with E-state index in [-0.39, 0.29) is 5.82 Å². The maximum absolute atomic E-state index is 9.50. The van der Waals surface area contributed by atoms with Gasteiger partial charge in [-0.1, -0.05) is 32.3 Å². The second kappa shape index (κ2) is 8.02. The van der Waals surface area contributed by atoms with E-state index in [4.69, 9.17) is 4.98 Å². The van der Waals surface area contributed by atoms with E-state index in [9.17, 15) is 5.26 Å². The minimum atomic E-state index is 0.205. The van der Waals surface area contributed by atoms with Crippen molar-refractivity contribution in [1.29, 1.82) is 5.26 Å². The van der Waals surface area contributed by atoms with Gasteiger partial charge in [0.1, 0.15) is 17.4 Å². The Morgan fingerprint density at radius 1 is 1.17 bits per heavy atom. The molecular weight excluding hydrogens is 372 g/mol. The number of nitrogens with zero attached hydrogens (tertiary/aromatic N) is 5. The predicted molar refractivity (Wildman–Crippen MR) is 119 cm³/mol. The molecule has 2 aromatic rings. The third kappa shape index (κ3) is 3.59. The first-order valence-electron chi connectivity index (χ1n) is 11.8. The molecule has 6 nitrogen and oxygen atoms in total. The summed E-state index contributed by atoms with van der Waals surface area (Å²) in [6.07, 6.45) is 13.5. The fourth-order valence-electron chi connectivity index (χ4n) is 5.14. The van der Waals surface area contributed by atoms with Crippen LogP contribution in [0.5, 0.6) is 0 Å². The summed E-state index contributed by atoms with van der Waals surface area (Å²) in [5, 5.41) is 13.2. The highest BCUT2D eigenvalue weighted by Gasteiger charge is 2.28. The number of nitriles is 1. The Bertz CT molecular complexity index is 1000. The van der Waals surface area contributed by atoms with Crippen molar-refractivity contribution in [3.63, 3.8) is 0 Å². The van der Waals surface area contributed by atoms with Gasteiger partial charge in [0.2, 0.25) is 5.82 Å². The molecule has 2 fully saturated rings. The van der Waals surface area contributed by atoms with E-state index in [1.165, 1.54) is 50.5 Å². The standard InChI is InChI=1S/C24H32N6/c1-15-9-11-17(12-10-15)14-30-21-22(26-16(2)18-5-3-6-18)27-20(13-25)28-23(21)29-24(30)19-7-4-8-19/h7,15-18H,3-6,8-12,14H2,1-2H3,(H,26,27,28)/t15-,16-,17-/m1/s1. The fourth-order valence-corrected chi connectivity index (χ4v) is 5.14. The minimum absolute atomic E-state index is 0.205. The van der Waals surface area contributed by atoms with E-state index in [1.807, 2.05) is 0 Å². The zero-order valence-electron chi connectivity index (χ0n) is 18.2. The van der Waals surface area contributed by atoms with Crippen molar-refractivity contribution >= 4 is 22.6 Å². The molecule has 1 N–H and O–H groups in total. The van der Waals surface area contributed by atoms with Gasteiger partial charge in [-0.15, -0.1) is 0 Å². The number of nitrogens with one attached hydrogen (secondary N) is 1. The van der Waals surface area contributed by atoms with Gasteiger partial charge in [0.05, 0.1) is 0 Å². The maximum Gasteiger partial charge on any atom is 0.236 e. The summed E-state index contributed by atoms with van der Waals surface area (Å²) >= 11 is 0. The number of imidazole rings is 1. The van der Waals surface area contributed by atoms with E-state index in [1.54, 1.807) is 0 Å². The molecule has 3 aliphatic carbocycles. The number of allylic oxidation sites excluding steroid dienone is 2. The third-order valence-corrected chi connectivity index (χ3v) is 7.59.